The van der Waals surface area contributed by atoms with Crippen LogP contribution in [-0.2, 0) is 4.79 Å². The molecule has 1 amide bonds. The van der Waals surface area contributed by atoms with Gasteiger partial charge in [0.25, 0.3) is 0 Å². The topological polar surface area (TPSA) is 41.1 Å². The molecule has 1 aliphatic heterocycles. The maximum Gasteiger partial charge on any atom is 0.226 e. The maximum atomic E-state index is 12.1. The monoisotopic (exact) mass is 244 g/mol. The van der Waals surface area contributed by atoms with Crippen molar-refractivity contribution in [1.29, 1.82) is 0 Å². The van der Waals surface area contributed by atoms with E-state index in [4.69, 9.17) is 0 Å². The Labute approximate surface area is 108 Å². The van der Waals surface area contributed by atoms with Crippen molar-refractivity contribution in [2.45, 2.75) is 51.0 Å². The molecule has 0 unspecified atom stereocenters. The molecule has 1 fully saturated rings. The summed E-state index contributed by atoms with van der Waals surface area (Å²) in [7, 11) is 0. The van der Waals surface area contributed by atoms with Gasteiger partial charge in [0.2, 0.25) is 5.91 Å². The number of carbonyl (C=O) groups is 1. The predicted octanol–water partition coefficient (Wildman–Crippen LogP) is 3.45. The highest BCUT2D eigenvalue weighted by atomic mass is 16.1. The van der Waals surface area contributed by atoms with Gasteiger partial charge in [-0.2, -0.15) is 0 Å². The first-order chi connectivity index (χ1) is 8.69. The fourth-order valence-electron chi connectivity index (χ4n) is 3.28. The summed E-state index contributed by atoms with van der Waals surface area (Å²) in [5.41, 5.74) is 3.24. The number of fused-ring (bicyclic) bond motifs is 1. The minimum Gasteiger partial charge on any atom is -0.377 e. The van der Waals surface area contributed by atoms with Crippen LogP contribution in [-0.4, -0.2) is 11.4 Å². The van der Waals surface area contributed by atoms with Crippen LogP contribution in [0.5, 0.6) is 0 Å². The van der Waals surface area contributed by atoms with Gasteiger partial charge >= 0.3 is 0 Å². The van der Waals surface area contributed by atoms with Crippen molar-refractivity contribution in [3.8, 4) is 0 Å². The molecule has 0 radical (unpaired) electrons. The van der Waals surface area contributed by atoms with E-state index in [1.54, 1.807) is 0 Å². The number of carbonyl (C=O) groups excluding carboxylic acids is 1. The molecule has 0 aromatic heterocycles. The molecule has 3 nitrogen and oxygen atoms in total. The number of anilines is 2. The minimum absolute atomic E-state index is 0.0142. The Morgan fingerprint density at radius 1 is 1.17 bits per heavy atom. The van der Waals surface area contributed by atoms with Crippen LogP contribution in [0.2, 0.25) is 0 Å². The smallest absolute Gasteiger partial charge is 0.226 e. The van der Waals surface area contributed by atoms with E-state index < -0.39 is 0 Å². The fourth-order valence-corrected chi connectivity index (χ4v) is 3.28. The maximum absolute atomic E-state index is 12.1. The SMILES string of the molecule is Cc1cccc2c1NC1(CCCCC1)CC(=O)N2. The second-order valence-corrected chi connectivity index (χ2v) is 5.69. The Hall–Kier alpha value is -1.51. The molecule has 1 heterocycles. The van der Waals surface area contributed by atoms with Crippen molar-refractivity contribution in [2.24, 2.45) is 0 Å². The molecule has 2 N–H and O–H groups in total. The zero-order valence-corrected chi connectivity index (χ0v) is 10.9. The molecule has 3 heteroatoms. The molecule has 1 aromatic carbocycles. The highest BCUT2D eigenvalue weighted by Crippen LogP contribution is 2.40. The van der Waals surface area contributed by atoms with Crippen LogP contribution in [0, 0.1) is 6.92 Å². The summed E-state index contributed by atoms with van der Waals surface area (Å²) < 4.78 is 0. The summed E-state index contributed by atoms with van der Waals surface area (Å²) in [6.45, 7) is 2.10. The number of aryl methyl sites for hydroxylation is 1. The number of para-hydroxylation sites is 1. The fraction of sp³-hybridized carbons (Fsp3) is 0.533. The predicted molar refractivity (Wildman–Crippen MR) is 73.9 cm³/mol. The number of hydrogen-bond acceptors (Lipinski definition) is 2. The standard InChI is InChI=1S/C15H20N2O/c1-11-6-5-7-12-14(11)17-15(10-13(18)16-12)8-3-2-4-9-15/h5-7,17H,2-4,8-10H2,1H3,(H,16,18). The molecule has 1 aliphatic carbocycles. The lowest BCUT2D eigenvalue weighted by Crippen LogP contribution is -2.41. The molecule has 1 saturated carbocycles. The van der Waals surface area contributed by atoms with Crippen LogP contribution in [0.1, 0.15) is 44.1 Å². The Bertz CT molecular complexity index is 475. The number of amides is 1. The second-order valence-electron chi connectivity index (χ2n) is 5.69. The van der Waals surface area contributed by atoms with Crippen LogP contribution in [0.25, 0.3) is 0 Å². The van der Waals surface area contributed by atoms with Crippen LogP contribution in [0.3, 0.4) is 0 Å². The van der Waals surface area contributed by atoms with E-state index >= 15 is 0 Å². The zero-order valence-electron chi connectivity index (χ0n) is 10.9. The van der Waals surface area contributed by atoms with E-state index in [0.717, 1.165) is 24.2 Å². The Kier molecular flexibility index (Phi) is 2.77. The van der Waals surface area contributed by atoms with Crippen LogP contribution in [0.15, 0.2) is 18.2 Å². The molecule has 2 aliphatic rings. The minimum atomic E-state index is -0.0142. The van der Waals surface area contributed by atoms with Crippen molar-refractivity contribution in [1.82, 2.24) is 0 Å². The summed E-state index contributed by atoms with van der Waals surface area (Å²) in [4.78, 5) is 12.1. The van der Waals surface area contributed by atoms with E-state index in [2.05, 4.69) is 23.6 Å². The first kappa shape index (κ1) is 11.6. The number of nitrogens with one attached hydrogen (secondary N) is 2. The van der Waals surface area contributed by atoms with Gasteiger partial charge in [0.05, 0.1) is 11.4 Å². The molecule has 1 aromatic rings. The van der Waals surface area contributed by atoms with Crippen molar-refractivity contribution in [2.75, 3.05) is 10.6 Å². The van der Waals surface area contributed by atoms with Crippen LogP contribution in [0.4, 0.5) is 11.4 Å². The molecule has 0 saturated heterocycles. The third-order valence-corrected chi connectivity index (χ3v) is 4.25. The van der Waals surface area contributed by atoms with Crippen molar-refractivity contribution in [3.63, 3.8) is 0 Å². The third-order valence-electron chi connectivity index (χ3n) is 4.25. The zero-order chi connectivity index (χ0) is 12.6. The summed E-state index contributed by atoms with van der Waals surface area (Å²) in [5, 5.41) is 6.72. The quantitative estimate of drug-likeness (QED) is 0.734. The lowest BCUT2D eigenvalue weighted by Gasteiger charge is -2.37. The van der Waals surface area contributed by atoms with Crippen LogP contribution >= 0.6 is 0 Å². The van der Waals surface area contributed by atoms with Gasteiger partial charge in [-0.1, -0.05) is 31.4 Å². The van der Waals surface area contributed by atoms with Gasteiger partial charge in [0, 0.05) is 12.0 Å². The number of hydrogen-bond donors (Lipinski definition) is 2. The summed E-state index contributed by atoms with van der Waals surface area (Å²) in [6.07, 6.45) is 6.55. The molecule has 0 bridgehead atoms. The lowest BCUT2D eigenvalue weighted by atomic mass is 9.79. The largest absolute Gasteiger partial charge is 0.377 e. The second kappa shape index (κ2) is 4.30. The average Bonchev–Trinajstić information content (AvgIpc) is 2.47. The van der Waals surface area contributed by atoms with Gasteiger partial charge in [0.15, 0.2) is 0 Å². The van der Waals surface area contributed by atoms with Gasteiger partial charge in [-0.25, -0.2) is 0 Å². The molecular weight excluding hydrogens is 224 g/mol. The Morgan fingerprint density at radius 3 is 2.72 bits per heavy atom. The molecule has 96 valence electrons. The molecule has 18 heavy (non-hydrogen) atoms. The summed E-state index contributed by atoms with van der Waals surface area (Å²) >= 11 is 0. The van der Waals surface area contributed by atoms with Crippen molar-refractivity contribution < 1.29 is 4.79 Å². The van der Waals surface area contributed by atoms with E-state index in [1.165, 1.54) is 24.8 Å². The number of rotatable bonds is 0. The summed E-state index contributed by atoms with van der Waals surface area (Å²) in [5.74, 6) is 0.147. The average molecular weight is 244 g/mol. The number of benzene rings is 1. The van der Waals surface area contributed by atoms with Crippen molar-refractivity contribution in [3.05, 3.63) is 23.8 Å². The third kappa shape index (κ3) is 1.98. The van der Waals surface area contributed by atoms with Gasteiger partial charge in [0.1, 0.15) is 0 Å². The van der Waals surface area contributed by atoms with E-state index in [0.29, 0.717) is 6.42 Å². The first-order valence-corrected chi connectivity index (χ1v) is 6.86. The van der Waals surface area contributed by atoms with Gasteiger partial charge < -0.3 is 10.6 Å². The van der Waals surface area contributed by atoms with Gasteiger partial charge in [-0.3, -0.25) is 4.79 Å². The van der Waals surface area contributed by atoms with E-state index in [-0.39, 0.29) is 11.4 Å². The van der Waals surface area contributed by atoms with Crippen LogP contribution < -0.4 is 10.6 Å². The van der Waals surface area contributed by atoms with Crippen molar-refractivity contribution >= 4 is 17.3 Å². The van der Waals surface area contributed by atoms with E-state index in [1.807, 2.05) is 12.1 Å². The van der Waals surface area contributed by atoms with E-state index in [9.17, 15) is 4.79 Å². The first-order valence-electron chi connectivity index (χ1n) is 6.86. The van der Waals surface area contributed by atoms with Gasteiger partial charge in [-0.05, 0) is 31.4 Å². The molecule has 0 atom stereocenters. The molecule has 3 rings (SSSR count). The Morgan fingerprint density at radius 2 is 1.94 bits per heavy atom. The summed E-state index contributed by atoms with van der Waals surface area (Å²) in [6, 6.07) is 6.07. The lowest BCUT2D eigenvalue weighted by molar-refractivity contribution is -0.117. The Balaban J connectivity index is 2.01. The normalized spacial score (nSPS) is 21.7. The van der Waals surface area contributed by atoms with Gasteiger partial charge in [-0.15, -0.1) is 0 Å². The molecular formula is C15H20N2O. The highest BCUT2D eigenvalue weighted by Gasteiger charge is 2.37. The molecule has 1 spiro atoms. The highest BCUT2D eigenvalue weighted by molar-refractivity contribution is 5.97.